The molecule has 0 radical (unpaired) electrons. The van der Waals surface area contributed by atoms with Gasteiger partial charge in [0.2, 0.25) is 5.91 Å². The van der Waals surface area contributed by atoms with Crippen LogP contribution >= 0.6 is 11.3 Å². The zero-order valence-electron chi connectivity index (χ0n) is 21.1. The monoisotopic (exact) mass is 521 g/mol. The summed E-state index contributed by atoms with van der Waals surface area (Å²) < 4.78 is 16.5. The molecule has 8 nitrogen and oxygen atoms in total. The second-order valence-corrected chi connectivity index (χ2v) is 10.5. The van der Waals surface area contributed by atoms with E-state index in [2.05, 4.69) is 0 Å². The van der Waals surface area contributed by atoms with Crippen LogP contribution in [0.3, 0.4) is 0 Å². The molecule has 0 spiro atoms. The highest BCUT2D eigenvalue weighted by Crippen LogP contribution is 2.29. The number of methoxy groups -OCH3 is 1. The molecule has 2 saturated heterocycles. The number of piperidine rings is 1. The summed E-state index contributed by atoms with van der Waals surface area (Å²) in [5, 5.41) is 0.942. The molecule has 2 aliphatic rings. The molecule has 1 unspecified atom stereocenters. The number of aromatic nitrogens is 1. The summed E-state index contributed by atoms with van der Waals surface area (Å²) in [6.07, 6.45) is 1.15. The Morgan fingerprint density at radius 1 is 1.08 bits per heavy atom. The first-order valence-corrected chi connectivity index (χ1v) is 13.4. The van der Waals surface area contributed by atoms with Gasteiger partial charge in [0.1, 0.15) is 23.1 Å². The largest absolute Gasteiger partial charge is 0.497 e. The number of carbonyl (C=O) groups is 2. The lowest BCUT2D eigenvalue weighted by molar-refractivity contribution is -0.131. The molecule has 0 saturated carbocycles. The Bertz CT molecular complexity index is 1220. The lowest BCUT2D eigenvalue weighted by atomic mass is 10.0. The van der Waals surface area contributed by atoms with E-state index in [1.165, 1.54) is 0 Å². The van der Waals surface area contributed by atoms with Crippen molar-refractivity contribution in [2.24, 2.45) is 0 Å². The highest BCUT2D eigenvalue weighted by molar-refractivity contribution is 7.15. The molecule has 1 atom stereocenters. The van der Waals surface area contributed by atoms with Crippen molar-refractivity contribution >= 4 is 23.3 Å². The predicted molar refractivity (Wildman–Crippen MR) is 141 cm³/mol. The summed E-state index contributed by atoms with van der Waals surface area (Å²) in [6.45, 7) is 4.05. The lowest BCUT2D eigenvalue weighted by Gasteiger charge is -2.35. The molecule has 5 rings (SSSR count). The zero-order valence-corrected chi connectivity index (χ0v) is 21.9. The number of aryl methyl sites for hydroxylation is 1. The van der Waals surface area contributed by atoms with E-state index in [-0.39, 0.29) is 24.1 Å². The van der Waals surface area contributed by atoms with Crippen LogP contribution in [0.5, 0.6) is 11.5 Å². The molecule has 0 N–H and O–H groups in total. The van der Waals surface area contributed by atoms with E-state index in [1.54, 1.807) is 23.3 Å². The van der Waals surface area contributed by atoms with Gasteiger partial charge in [-0.2, -0.15) is 0 Å². The number of cyclic esters (lactones) is 1. The number of hydrogen-bond acceptors (Lipinski definition) is 7. The maximum atomic E-state index is 13.0. The number of nitrogens with zero attached hydrogens (tertiary/aromatic N) is 3. The normalized spacial score (nSPS) is 18.1. The number of hydrogen-bond donors (Lipinski definition) is 0. The number of rotatable bonds is 8. The fraction of sp³-hybridized carbons (Fsp3) is 0.393. The van der Waals surface area contributed by atoms with Gasteiger partial charge in [-0.1, -0.05) is 30.3 Å². The summed E-state index contributed by atoms with van der Waals surface area (Å²) in [4.78, 5) is 35.1. The highest BCUT2D eigenvalue weighted by atomic mass is 32.1. The average Bonchev–Trinajstić information content (AvgIpc) is 3.50. The Labute approximate surface area is 220 Å². The van der Waals surface area contributed by atoms with E-state index in [9.17, 15) is 9.59 Å². The topological polar surface area (TPSA) is 81.2 Å². The average molecular weight is 522 g/mol. The van der Waals surface area contributed by atoms with E-state index in [0.29, 0.717) is 38.4 Å². The van der Waals surface area contributed by atoms with Gasteiger partial charge in [0.05, 0.1) is 25.8 Å². The first-order chi connectivity index (χ1) is 18.0. The molecule has 3 heterocycles. The number of amides is 2. The minimum atomic E-state index is -0.319. The third kappa shape index (κ3) is 5.88. The van der Waals surface area contributed by atoms with Gasteiger partial charge in [0, 0.05) is 29.6 Å². The molecule has 1 aromatic heterocycles. The highest BCUT2D eigenvalue weighted by Gasteiger charge is 2.38. The van der Waals surface area contributed by atoms with Crippen LogP contribution in [0.15, 0.2) is 54.6 Å². The van der Waals surface area contributed by atoms with Gasteiger partial charge in [-0.3, -0.25) is 4.79 Å². The van der Waals surface area contributed by atoms with Crippen LogP contribution < -0.4 is 9.47 Å². The van der Waals surface area contributed by atoms with Crippen LogP contribution in [0.2, 0.25) is 0 Å². The van der Waals surface area contributed by atoms with Crippen molar-refractivity contribution in [3.05, 3.63) is 65.2 Å². The summed E-state index contributed by atoms with van der Waals surface area (Å²) in [5.41, 5.74) is 1.92. The van der Waals surface area contributed by atoms with Crippen molar-refractivity contribution in [2.45, 2.75) is 38.3 Å². The van der Waals surface area contributed by atoms with Crippen LogP contribution in [-0.4, -0.2) is 72.3 Å². The van der Waals surface area contributed by atoms with Gasteiger partial charge in [0.15, 0.2) is 6.10 Å². The number of benzene rings is 2. The number of likely N-dealkylation sites (tertiary alicyclic amines) is 1. The maximum Gasteiger partial charge on any atom is 0.410 e. The first kappa shape index (κ1) is 25.1. The fourth-order valence-electron chi connectivity index (χ4n) is 4.77. The summed E-state index contributed by atoms with van der Waals surface area (Å²) in [7, 11) is 1.62. The lowest BCUT2D eigenvalue weighted by Crippen LogP contribution is -2.47. The van der Waals surface area contributed by atoms with Crippen molar-refractivity contribution in [3.63, 3.8) is 0 Å². The number of carbonyl (C=O) groups excluding carboxylic acids is 2. The van der Waals surface area contributed by atoms with E-state index in [1.807, 2.05) is 66.4 Å². The number of ether oxygens (including phenoxy) is 3. The van der Waals surface area contributed by atoms with Crippen molar-refractivity contribution in [1.29, 1.82) is 0 Å². The zero-order chi connectivity index (χ0) is 25.8. The smallest absolute Gasteiger partial charge is 0.410 e. The molecular weight excluding hydrogens is 490 g/mol. The fourth-order valence-corrected chi connectivity index (χ4v) is 5.70. The van der Waals surface area contributed by atoms with Crippen molar-refractivity contribution in [3.8, 4) is 22.1 Å². The van der Waals surface area contributed by atoms with Gasteiger partial charge in [-0.15, -0.1) is 11.3 Å². The summed E-state index contributed by atoms with van der Waals surface area (Å²) in [5.74, 6) is 1.55. The molecule has 3 aromatic rings. The summed E-state index contributed by atoms with van der Waals surface area (Å²) >= 11 is 1.62. The Kier molecular flexibility index (Phi) is 7.60. The van der Waals surface area contributed by atoms with Crippen LogP contribution in [-0.2, 0) is 16.0 Å². The Hall–Kier alpha value is -3.59. The Morgan fingerprint density at radius 2 is 1.78 bits per heavy atom. The van der Waals surface area contributed by atoms with Crippen LogP contribution in [0.4, 0.5) is 4.79 Å². The molecule has 2 fully saturated rings. The van der Waals surface area contributed by atoms with Crippen molar-refractivity contribution in [2.75, 3.05) is 33.4 Å². The number of thiazole rings is 1. The second-order valence-electron chi connectivity index (χ2n) is 9.32. The Balaban J connectivity index is 1.10. The van der Waals surface area contributed by atoms with E-state index in [0.717, 1.165) is 39.7 Å². The van der Waals surface area contributed by atoms with Gasteiger partial charge in [0.25, 0.3) is 0 Å². The molecular formula is C28H31N3O5S. The van der Waals surface area contributed by atoms with Crippen molar-refractivity contribution < 1.29 is 23.8 Å². The molecule has 194 valence electrons. The standard InChI is InChI=1S/C28H31N3O5S/c1-19-25(29-27(37-19)20-6-4-3-5-7-20)16-26(32)30-14-12-21(13-15-30)31-17-24(36-28(31)33)18-35-23-10-8-22(34-2)9-11-23/h3-11,21,24H,12-18H2,1-2H3. The minimum Gasteiger partial charge on any atom is -0.497 e. The third-order valence-corrected chi connectivity index (χ3v) is 7.95. The molecule has 2 amide bonds. The molecule has 2 aromatic carbocycles. The minimum absolute atomic E-state index is 0.0632. The molecule has 37 heavy (non-hydrogen) atoms. The maximum absolute atomic E-state index is 13.0. The second kappa shape index (κ2) is 11.2. The molecule has 0 bridgehead atoms. The van der Waals surface area contributed by atoms with Crippen LogP contribution in [0.1, 0.15) is 23.4 Å². The predicted octanol–water partition coefficient (Wildman–Crippen LogP) is 4.56. The van der Waals surface area contributed by atoms with Gasteiger partial charge in [-0.05, 0) is 44.0 Å². The first-order valence-electron chi connectivity index (χ1n) is 12.5. The van der Waals surface area contributed by atoms with E-state index >= 15 is 0 Å². The van der Waals surface area contributed by atoms with E-state index < -0.39 is 0 Å². The van der Waals surface area contributed by atoms with Gasteiger partial charge in [-0.25, -0.2) is 9.78 Å². The third-order valence-electron chi connectivity index (χ3n) is 6.89. The molecule has 9 heteroatoms. The molecule has 0 aliphatic carbocycles. The van der Waals surface area contributed by atoms with Gasteiger partial charge < -0.3 is 24.0 Å². The SMILES string of the molecule is COc1ccc(OCC2CN(C3CCN(C(=O)Cc4nc(-c5ccccc5)sc4C)CC3)C(=O)O2)cc1. The van der Waals surface area contributed by atoms with E-state index in [4.69, 9.17) is 19.2 Å². The van der Waals surface area contributed by atoms with Crippen LogP contribution in [0.25, 0.3) is 10.6 Å². The quantitative estimate of drug-likeness (QED) is 0.432. The van der Waals surface area contributed by atoms with Crippen molar-refractivity contribution in [1.82, 2.24) is 14.8 Å². The summed E-state index contributed by atoms with van der Waals surface area (Å²) in [6, 6.07) is 17.4. The Morgan fingerprint density at radius 3 is 2.49 bits per heavy atom. The van der Waals surface area contributed by atoms with Crippen LogP contribution in [0, 0.1) is 6.92 Å². The van der Waals surface area contributed by atoms with Gasteiger partial charge >= 0.3 is 6.09 Å². The molecule has 2 aliphatic heterocycles.